The van der Waals surface area contributed by atoms with E-state index in [0.717, 1.165) is 34.2 Å². The van der Waals surface area contributed by atoms with E-state index in [0.29, 0.717) is 5.56 Å². The van der Waals surface area contributed by atoms with Crippen molar-refractivity contribution in [3.63, 3.8) is 0 Å². The molecule has 1 aliphatic heterocycles. The van der Waals surface area contributed by atoms with Crippen molar-refractivity contribution in [1.29, 1.82) is 0 Å². The third-order valence-electron chi connectivity index (χ3n) is 4.75. The highest BCUT2D eigenvalue weighted by molar-refractivity contribution is 9.10. The molecule has 3 rings (SSSR count). The van der Waals surface area contributed by atoms with Gasteiger partial charge < -0.3 is 9.22 Å². The fraction of sp³-hybridized carbons (Fsp3) is 0.350. The van der Waals surface area contributed by atoms with Crippen molar-refractivity contribution in [2.45, 2.75) is 18.9 Å². The fourth-order valence-electron chi connectivity index (χ4n) is 3.34. The predicted octanol–water partition coefficient (Wildman–Crippen LogP) is 4.59. The summed E-state index contributed by atoms with van der Waals surface area (Å²) in [5, 5.41) is 0. The number of quaternary nitrogens is 1. The number of rotatable bonds is 5. The Hall–Kier alpha value is -1.65. The van der Waals surface area contributed by atoms with Crippen molar-refractivity contribution in [1.82, 2.24) is 0 Å². The maximum Gasteiger partial charge on any atom is 0.338 e. The van der Waals surface area contributed by atoms with E-state index < -0.39 is 0 Å². The van der Waals surface area contributed by atoms with Gasteiger partial charge in [0.25, 0.3) is 0 Å². The molecule has 24 heavy (non-hydrogen) atoms. The summed E-state index contributed by atoms with van der Waals surface area (Å²) in [6.45, 7) is 3.13. The molecule has 4 heteroatoms. The van der Waals surface area contributed by atoms with Gasteiger partial charge in [0.05, 0.1) is 25.7 Å². The Balaban J connectivity index is 1.79. The predicted molar refractivity (Wildman–Crippen MR) is 98.8 cm³/mol. The van der Waals surface area contributed by atoms with Gasteiger partial charge in [0.1, 0.15) is 6.54 Å². The van der Waals surface area contributed by atoms with Crippen molar-refractivity contribution in [3.05, 3.63) is 70.2 Å². The molecule has 0 bridgehead atoms. The Bertz CT molecular complexity index is 679. The number of likely N-dealkylation sites (tertiary alicyclic amines) is 1. The summed E-state index contributed by atoms with van der Waals surface area (Å²) >= 11 is 3.39. The highest BCUT2D eigenvalue weighted by Crippen LogP contribution is 2.26. The van der Waals surface area contributed by atoms with E-state index in [-0.39, 0.29) is 12.1 Å². The van der Waals surface area contributed by atoms with Crippen LogP contribution in [0.4, 0.5) is 0 Å². The average Bonchev–Trinajstić information content (AvgIpc) is 3.02. The number of likely N-dealkylation sites (N-methyl/N-ethyl adjacent to an activating group) is 1. The number of hydrogen-bond acceptors (Lipinski definition) is 2. The Morgan fingerprint density at radius 1 is 1.08 bits per heavy atom. The Labute approximate surface area is 152 Å². The smallest absolute Gasteiger partial charge is 0.338 e. The van der Waals surface area contributed by atoms with Crippen molar-refractivity contribution in [2.75, 3.05) is 26.7 Å². The first-order valence-electron chi connectivity index (χ1n) is 8.41. The van der Waals surface area contributed by atoms with Gasteiger partial charge in [-0.05, 0) is 29.8 Å². The van der Waals surface area contributed by atoms with Crippen LogP contribution in [0.15, 0.2) is 59.1 Å². The van der Waals surface area contributed by atoms with Gasteiger partial charge in [-0.2, -0.15) is 0 Å². The molecule has 1 atom stereocenters. The zero-order chi connectivity index (χ0) is 17.0. The second kappa shape index (κ2) is 7.49. The standard InChI is InChI=1S/C20H23BrNO2/c1-22(13-5-6-14-22)15-19(16-7-3-2-4-8-16)24-20(23)17-9-11-18(21)12-10-17/h2-4,7-12,19H,5-6,13-15H2,1H3/q+1. The molecule has 0 aliphatic carbocycles. The van der Waals surface area contributed by atoms with Gasteiger partial charge in [0, 0.05) is 17.3 Å². The summed E-state index contributed by atoms with van der Waals surface area (Å²) in [6, 6.07) is 17.4. The summed E-state index contributed by atoms with van der Waals surface area (Å²) in [7, 11) is 2.26. The number of carbonyl (C=O) groups excluding carboxylic acids is 1. The van der Waals surface area contributed by atoms with E-state index in [1.54, 1.807) is 12.1 Å². The molecular weight excluding hydrogens is 366 g/mol. The van der Waals surface area contributed by atoms with Crippen LogP contribution in [0.2, 0.25) is 0 Å². The Morgan fingerprint density at radius 3 is 2.33 bits per heavy atom. The molecule has 3 nitrogen and oxygen atoms in total. The molecule has 0 amide bonds. The van der Waals surface area contributed by atoms with Crippen molar-refractivity contribution >= 4 is 21.9 Å². The number of halogens is 1. The molecule has 126 valence electrons. The minimum Gasteiger partial charge on any atom is -0.448 e. The zero-order valence-electron chi connectivity index (χ0n) is 14.0. The fourth-order valence-corrected chi connectivity index (χ4v) is 3.61. The maximum absolute atomic E-state index is 12.6. The second-order valence-electron chi connectivity index (χ2n) is 6.77. The molecule has 1 heterocycles. The lowest BCUT2D eigenvalue weighted by molar-refractivity contribution is -0.901. The number of benzene rings is 2. The first kappa shape index (κ1) is 17.2. The molecule has 1 aliphatic rings. The van der Waals surface area contributed by atoms with E-state index in [9.17, 15) is 4.79 Å². The van der Waals surface area contributed by atoms with Crippen LogP contribution in [0.25, 0.3) is 0 Å². The first-order chi connectivity index (χ1) is 11.6. The van der Waals surface area contributed by atoms with Crippen LogP contribution in [-0.4, -0.2) is 37.1 Å². The number of esters is 1. The van der Waals surface area contributed by atoms with E-state index in [4.69, 9.17) is 4.74 Å². The van der Waals surface area contributed by atoms with Crippen LogP contribution in [-0.2, 0) is 4.74 Å². The topological polar surface area (TPSA) is 26.3 Å². The van der Waals surface area contributed by atoms with Crippen LogP contribution in [0.3, 0.4) is 0 Å². The van der Waals surface area contributed by atoms with Gasteiger partial charge in [0.2, 0.25) is 0 Å². The summed E-state index contributed by atoms with van der Waals surface area (Å²) < 4.78 is 7.84. The Morgan fingerprint density at radius 2 is 1.71 bits per heavy atom. The zero-order valence-corrected chi connectivity index (χ0v) is 15.5. The summed E-state index contributed by atoms with van der Waals surface area (Å²) in [6.07, 6.45) is 2.28. The summed E-state index contributed by atoms with van der Waals surface area (Å²) in [4.78, 5) is 12.6. The van der Waals surface area contributed by atoms with Crippen molar-refractivity contribution in [3.8, 4) is 0 Å². The van der Waals surface area contributed by atoms with Crippen LogP contribution in [0.1, 0.15) is 34.9 Å². The number of ether oxygens (including phenoxy) is 1. The largest absolute Gasteiger partial charge is 0.448 e. The quantitative estimate of drug-likeness (QED) is 0.553. The van der Waals surface area contributed by atoms with E-state index >= 15 is 0 Å². The molecule has 0 N–H and O–H groups in total. The normalized spacial score (nSPS) is 17.4. The lowest BCUT2D eigenvalue weighted by Crippen LogP contribution is -2.44. The number of nitrogens with zero attached hydrogens (tertiary/aromatic N) is 1. The first-order valence-corrected chi connectivity index (χ1v) is 9.20. The summed E-state index contributed by atoms with van der Waals surface area (Å²) in [5.74, 6) is -0.262. The minimum atomic E-state index is -0.262. The number of carbonyl (C=O) groups is 1. The molecule has 0 spiro atoms. The van der Waals surface area contributed by atoms with Gasteiger partial charge in [-0.15, -0.1) is 0 Å². The van der Waals surface area contributed by atoms with Crippen LogP contribution in [0.5, 0.6) is 0 Å². The van der Waals surface area contributed by atoms with E-state index in [1.165, 1.54) is 12.8 Å². The van der Waals surface area contributed by atoms with Crippen LogP contribution >= 0.6 is 15.9 Å². The highest BCUT2D eigenvalue weighted by Gasteiger charge is 2.33. The molecule has 1 saturated heterocycles. The van der Waals surface area contributed by atoms with Gasteiger partial charge >= 0.3 is 5.97 Å². The molecule has 0 aromatic heterocycles. The monoisotopic (exact) mass is 388 g/mol. The van der Waals surface area contributed by atoms with Gasteiger partial charge in [0.15, 0.2) is 6.10 Å². The third-order valence-corrected chi connectivity index (χ3v) is 5.28. The molecule has 0 radical (unpaired) electrons. The molecular formula is C20H23BrNO2+. The van der Waals surface area contributed by atoms with Gasteiger partial charge in [-0.25, -0.2) is 4.79 Å². The minimum absolute atomic E-state index is 0.217. The van der Waals surface area contributed by atoms with E-state index in [2.05, 4.69) is 23.0 Å². The maximum atomic E-state index is 12.6. The molecule has 2 aromatic carbocycles. The SMILES string of the molecule is C[N+]1(CC(OC(=O)c2ccc(Br)cc2)c2ccccc2)CCCC1. The van der Waals surface area contributed by atoms with Crippen LogP contribution in [0, 0.1) is 0 Å². The van der Waals surface area contributed by atoms with E-state index in [1.807, 2.05) is 42.5 Å². The van der Waals surface area contributed by atoms with Gasteiger partial charge in [-0.1, -0.05) is 46.3 Å². The molecule has 1 fully saturated rings. The van der Waals surface area contributed by atoms with Gasteiger partial charge in [-0.3, -0.25) is 0 Å². The lowest BCUT2D eigenvalue weighted by atomic mass is 10.1. The second-order valence-corrected chi connectivity index (χ2v) is 7.68. The number of hydrogen-bond donors (Lipinski definition) is 0. The average molecular weight is 389 g/mol. The van der Waals surface area contributed by atoms with Crippen molar-refractivity contribution in [2.24, 2.45) is 0 Å². The molecule has 2 aromatic rings. The summed E-state index contributed by atoms with van der Waals surface area (Å²) in [5.41, 5.74) is 1.65. The van der Waals surface area contributed by atoms with Crippen LogP contribution < -0.4 is 0 Å². The molecule has 1 unspecified atom stereocenters. The molecule has 0 saturated carbocycles. The Kier molecular flexibility index (Phi) is 5.36. The highest BCUT2D eigenvalue weighted by atomic mass is 79.9. The lowest BCUT2D eigenvalue weighted by Gasteiger charge is -2.33. The van der Waals surface area contributed by atoms with Crippen molar-refractivity contribution < 1.29 is 14.0 Å². The third kappa shape index (κ3) is 4.25.